The molecule has 0 atom stereocenters. The highest BCUT2D eigenvalue weighted by Gasteiger charge is 2.21. The monoisotopic (exact) mass is 397 g/mol. The van der Waals surface area contributed by atoms with Gasteiger partial charge in [0, 0.05) is 13.1 Å². The Kier molecular flexibility index (Phi) is 17.8. The van der Waals surface area contributed by atoms with Crippen molar-refractivity contribution in [2.45, 2.75) is 143 Å². The van der Waals surface area contributed by atoms with E-state index in [-0.39, 0.29) is 6.09 Å². The Morgan fingerprint density at radius 1 is 0.607 bits per heavy atom. The van der Waals surface area contributed by atoms with Crippen molar-refractivity contribution in [2.75, 3.05) is 13.1 Å². The molecule has 3 heteroatoms. The molecule has 0 aliphatic carbocycles. The van der Waals surface area contributed by atoms with Crippen LogP contribution in [0.25, 0.3) is 0 Å². The van der Waals surface area contributed by atoms with Gasteiger partial charge in [-0.15, -0.1) is 0 Å². The summed E-state index contributed by atoms with van der Waals surface area (Å²) in [6, 6.07) is 0. The van der Waals surface area contributed by atoms with E-state index in [4.69, 9.17) is 4.74 Å². The summed E-state index contributed by atoms with van der Waals surface area (Å²) in [6.45, 7) is 12.1. The SMILES string of the molecule is CCCCCCCCCCN(CCCCCCCCCC)C(=O)OC(C)(C)C. The number of nitrogens with zero attached hydrogens (tertiary/aromatic N) is 1. The third-order valence-electron chi connectivity index (χ3n) is 5.21. The molecule has 0 radical (unpaired) electrons. The first-order valence-electron chi connectivity index (χ1n) is 12.4. The van der Waals surface area contributed by atoms with Crippen LogP contribution in [0.4, 0.5) is 4.79 Å². The number of carbonyl (C=O) groups excluding carboxylic acids is 1. The lowest BCUT2D eigenvalue weighted by atomic mass is 10.1. The molecule has 0 spiro atoms. The number of amides is 1. The molecule has 0 aliphatic heterocycles. The molecule has 0 rings (SSSR count). The van der Waals surface area contributed by atoms with Crippen LogP contribution >= 0.6 is 0 Å². The lowest BCUT2D eigenvalue weighted by Gasteiger charge is -2.27. The molecule has 168 valence electrons. The summed E-state index contributed by atoms with van der Waals surface area (Å²) in [5, 5.41) is 0. The van der Waals surface area contributed by atoms with Gasteiger partial charge in [-0.2, -0.15) is 0 Å². The summed E-state index contributed by atoms with van der Waals surface area (Å²) in [6.07, 6.45) is 20.6. The van der Waals surface area contributed by atoms with Gasteiger partial charge in [0.15, 0.2) is 0 Å². The summed E-state index contributed by atoms with van der Waals surface area (Å²) in [5.74, 6) is 0. The molecule has 0 saturated heterocycles. The van der Waals surface area contributed by atoms with E-state index in [1.165, 1.54) is 89.9 Å². The van der Waals surface area contributed by atoms with E-state index in [9.17, 15) is 4.79 Å². The van der Waals surface area contributed by atoms with Gasteiger partial charge >= 0.3 is 6.09 Å². The Balaban J connectivity index is 4.03. The Morgan fingerprint density at radius 3 is 1.25 bits per heavy atom. The van der Waals surface area contributed by atoms with Crippen LogP contribution in [0.3, 0.4) is 0 Å². The first kappa shape index (κ1) is 27.3. The summed E-state index contributed by atoms with van der Waals surface area (Å²) in [5.41, 5.74) is -0.409. The summed E-state index contributed by atoms with van der Waals surface area (Å²) in [7, 11) is 0. The minimum absolute atomic E-state index is 0.126. The van der Waals surface area contributed by atoms with Gasteiger partial charge in [-0.25, -0.2) is 4.79 Å². The Labute approximate surface area is 177 Å². The second-order valence-electron chi connectivity index (χ2n) is 9.42. The van der Waals surface area contributed by atoms with Crippen LogP contribution in [0.15, 0.2) is 0 Å². The van der Waals surface area contributed by atoms with Crippen molar-refractivity contribution in [1.29, 1.82) is 0 Å². The van der Waals surface area contributed by atoms with E-state index in [1.54, 1.807) is 0 Å². The largest absolute Gasteiger partial charge is 0.444 e. The fourth-order valence-electron chi connectivity index (χ4n) is 3.49. The van der Waals surface area contributed by atoms with Crippen molar-refractivity contribution in [1.82, 2.24) is 4.90 Å². The average molecular weight is 398 g/mol. The predicted molar refractivity (Wildman–Crippen MR) is 123 cm³/mol. The zero-order valence-corrected chi connectivity index (χ0v) is 20.0. The van der Waals surface area contributed by atoms with Crippen molar-refractivity contribution in [3.8, 4) is 0 Å². The third kappa shape index (κ3) is 18.6. The van der Waals surface area contributed by atoms with Crippen LogP contribution in [0.2, 0.25) is 0 Å². The fraction of sp³-hybridized carbons (Fsp3) is 0.960. The predicted octanol–water partition coefficient (Wildman–Crippen LogP) is 8.50. The lowest BCUT2D eigenvalue weighted by molar-refractivity contribution is 0.0243. The van der Waals surface area contributed by atoms with Crippen molar-refractivity contribution < 1.29 is 9.53 Å². The van der Waals surface area contributed by atoms with Gasteiger partial charge in [0.1, 0.15) is 5.60 Å². The summed E-state index contributed by atoms with van der Waals surface area (Å²) in [4.78, 5) is 14.5. The van der Waals surface area contributed by atoms with Gasteiger partial charge in [-0.1, -0.05) is 104 Å². The van der Waals surface area contributed by atoms with Crippen LogP contribution in [0.5, 0.6) is 0 Å². The molecule has 0 bridgehead atoms. The second-order valence-corrected chi connectivity index (χ2v) is 9.42. The molecule has 0 saturated carbocycles. The van der Waals surface area contributed by atoms with Gasteiger partial charge in [0.05, 0.1) is 0 Å². The first-order chi connectivity index (χ1) is 13.4. The van der Waals surface area contributed by atoms with E-state index in [1.807, 2.05) is 25.7 Å². The van der Waals surface area contributed by atoms with E-state index < -0.39 is 5.60 Å². The maximum absolute atomic E-state index is 12.5. The molecule has 0 aromatic rings. The number of rotatable bonds is 18. The first-order valence-corrected chi connectivity index (χ1v) is 12.4. The van der Waals surface area contributed by atoms with Gasteiger partial charge < -0.3 is 9.64 Å². The smallest absolute Gasteiger partial charge is 0.410 e. The zero-order chi connectivity index (χ0) is 21.1. The average Bonchev–Trinajstić information content (AvgIpc) is 2.62. The minimum Gasteiger partial charge on any atom is -0.444 e. The van der Waals surface area contributed by atoms with Gasteiger partial charge in [0.25, 0.3) is 0 Å². The Hall–Kier alpha value is -0.730. The van der Waals surface area contributed by atoms with Crippen molar-refractivity contribution in [3.05, 3.63) is 0 Å². The van der Waals surface area contributed by atoms with Crippen molar-refractivity contribution in [3.63, 3.8) is 0 Å². The van der Waals surface area contributed by atoms with E-state index >= 15 is 0 Å². The topological polar surface area (TPSA) is 29.5 Å². The third-order valence-corrected chi connectivity index (χ3v) is 5.21. The molecular weight excluding hydrogens is 346 g/mol. The van der Waals surface area contributed by atoms with Crippen LogP contribution in [-0.2, 0) is 4.74 Å². The summed E-state index contributed by atoms with van der Waals surface area (Å²) < 4.78 is 5.63. The lowest BCUT2D eigenvalue weighted by Crippen LogP contribution is -2.38. The molecule has 0 unspecified atom stereocenters. The molecule has 0 heterocycles. The van der Waals surface area contributed by atoms with Gasteiger partial charge in [-0.3, -0.25) is 0 Å². The Morgan fingerprint density at radius 2 is 0.929 bits per heavy atom. The second kappa shape index (κ2) is 18.3. The number of unbranched alkanes of at least 4 members (excludes halogenated alkanes) is 14. The minimum atomic E-state index is -0.409. The fourth-order valence-corrected chi connectivity index (χ4v) is 3.49. The molecule has 0 N–H and O–H groups in total. The van der Waals surface area contributed by atoms with E-state index in [0.717, 1.165) is 25.9 Å². The number of hydrogen-bond donors (Lipinski definition) is 0. The standard InChI is InChI=1S/C25H51NO2/c1-6-8-10-12-14-16-18-20-22-26(24(27)28-25(3,4)5)23-21-19-17-15-13-11-9-7-2/h6-23H2,1-5H3. The molecule has 1 amide bonds. The molecular formula is C25H51NO2. The molecule has 0 aliphatic rings. The molecule has 28 heavy (non-hydrogen) atoms. The normalized spacial score (nSPS) is 11.6. The van der Waals surface area contributed by atoms with E-state index in [0.29, 0.717) is 0 Å². The Bertz CT molecular complexity index is 329. The molecule has 0 fully saturated rings. The molecule has 0 aromatic heterocycles. The van der Waals surface area contributed by atoms with Crippen molar-refractivity contribution >= 4 is 6.09 Å². The van der Waals surface area contributed by atoms with Crippen LogP contribution in [0.1, 0.15) is 137 Å². The van der Waals surface area contributed by atoms with Gasteiger partial charge in [0.2, 0.25) is 0 Å². The van der Waals surface area contributed by atoms with Crippen LogP contribution < -0.4 is 0 Å². The van der Waals surface area contributed by atoms with Crippen LogP contribution in [-0.4, -0.2) is 29.7 Å². The summed E-state index contributed by atoms with van der Waals surface area (Å²) >= 11 is 0. The highest BCUT2D eigenvalue weighted by molar-refractivity contribution is 5.68. The maximum atomic E-state index is 12.5. The van der Waals surface area contributed by atoms with Gasteiger partial charge in [-0.05, 0) is 33.6 Å². The quantitative estimate of drug-likeness (QED) is 0.217. The highest BCUT2D eigenvalue weighted by Crippen LogP contribution is 2.14. The van der Waals surface area contributed by atoms with Crippen molar-refractivity contribution in [2.24, 2.45) is 0 Å². The molecule has 0 aromatic carbocycles. The highest BCUT2D eigenvalue weighted by atomic mass is 16.6. The number of hydrogen-bond acceptors (Lipinski definition) is 2. The number of ether oxygens (including phenoxy) is 1. The van der Waals surface area contributed by atoms with E-state index in [2.05, 4.69) is 13.8 Å². The maximum Gasteiger partial charge on any atom is 0.410 e. The number of carbonyl (C=O) groups is 1. The van der Waals surface area contributed by atoms with Crippen LogP contribution in [0, 0.1) is 0 Å². The molecule has 3 nitrogen and oxygen atoms in total. The zero-order valence-electron chi connectivity index (χ0n) is 20.0.